The predicted molar refractivity (Wildman–Crippen MR) is 125 cm³/mol. The van der Waals surface area contributed by atoms with Crippen LogP contribution in [0.15, 0.2) is 24.3 Å². The van der Waals surface area contributed by atoms with E-state index in [0.717, 1.165) is 0 Å². The summed E-state index contributed by atoms with van der Waals surface area (Å²) in [6, 6.07) is 1.41. The van der Waals surface area contributed by atoms with Crippen LogP contribution in [-0.2, 0) is 30.4 Å². The number of carbonyl (C=O) groups excluding carboxylic acids is 4. The number of phenolic OH excluding ortho intramolecular Hbond substituents is 1. The second-order valence-corrected chi connectivity index (χ2v) is 8.96. The van der Waals surface area contributed by atoms with Gasteiger partial charge < -0.3 is 37.2 Å². The lowest BCUT2D eigenvalue weighted by molar-refractivity contribution is -0.149. The number of carboxylic acids is 1. The minimum absolute atomic E-state index is 0.0110. The van der Waals surface area contributed by atoms with E-state index in [0.29, 0.717) is 12.0 Å². The summed E-state index contributed by atoms with van der Waals surface area (Å²) in [6.07, 6.45) is 0.241. The molecule has 1 aromatic carbocycles. The van der Waals surface area contributed by atoms with Crippen LogP contribution in [0.25, 0.3) is 0 Å². The molecule has 4 amide bonds. The van der Waals surface area contributed by atoms with Crippen molar-refractivity contribution in [3.05, 3.63) is 29.8 Å². The monoisotopic (exact) mass is 491 g/mol. The molecular weight excluding hydrogens is 458 g/mol. The van der Waals surface area contributed by atoms with Crippen LogP contribution in [0.2, 0.25) is 0 Å². The number of hydrogen-bond donors (Lipinski definition) is 6. The number of aliphatic carboxylic acids is 1. The first-order chi connectivity index (χ1) is 16.4. The lowest BCUT2D eigenvalue weighted by Crippen LogP contribution is -2.58. The number of hydrogen-bond acceptors (Lipinski definition) is 7. The van der Waals surface area contributed by atoms with Crippen LogP contribution in [0.4, 0.5) is 0 Å². The molecule has 0 aromatic heterocycles. The van der Waals surface area contributed by atoms with Crippen LogP contribution < -0.4 is 22.1 Å². The van der Waals surface area contributed by atoms with Gasteiger partial charge in [-0.3, -0.25) is 19.2 Å². The number of primary amides is 1. The highest BCUT2D eigenvalue weighted by atomic mass is 16.4. The van der Waals surface area contributed by atoms with Crippen molar-refractivity contribution < 1.29 is 34.2 Å². The Kier molecular flexibility index (Phi) is 9.58. The van der Waals surface area contributed by atoms with E-state index >= 15 is 0 Å². The SMILES string of the molecule is CC(C)C(N)C(=O)NC(CC(N)=O)C(=O)NC(Cc1ccc(O)cc1)C(=O)N1CCCC1C(=O)O. The zero-order valence-corrected chi connectivity index (χ0v) is 19.8. The third kappa shape index (κ3) is 7.67. The molecule has 1 aromatic rings. The number of amides is 4. The Morgan fingerprint density at radius 3 is 2.20 bits per heavy atom. The first-order valence-electron chi connectivity index (χ1n) is 11.4. The highest BCUT2D eigenvalue weighted by Crippen LogP contribution is 2.20. The Bertz CT molecular complexity index is 950. The molecular formula is C23H33N5O7. The Hall–Kier alpha value is -3.67. The highest BCUT2D eigenvalue weighted by molar-refractivity contribution is 5.96. The Morgan fingerprint density at radius 1 is 1.06 bits per heavy atom. The third-order valence-corrected chi connectivity index (χ3v) is 5.87. The van der Waals surface area contributed by atoms with Gasteiger partial charge in [0.2, 0.25) is 23.6 Å². The largest absolute Gasteiger partial charge is 0.508 e. The number of phenols is 1. The Labute approximate surface area is 203 Å². The molecule has 0 radical (unpaired) electrons. The van der Waals surface area contributed by atoms with Crippen molar-refractivity contribution in [2.45, 2.75) is 63.7 Å². The van der Waals surface area contributed by atoms with Gasteiger partial charge in [-0.1, -0.05) is 26.0 Å². The minimum Gasteiger partial charge on any atom is -0.508 e. The van der Waals surface area contributed by atoms with E-state index in [9.17, 15) is 34.2 Å². The van der Waals surface area contributed by atoms with E-state index in [1.807, 2.05) is 0 Å². The molecule has 12 heteroatoms. The molecule has 192 valence electrons. The summed E-state index contributed by atoms with van der Waals surface area (Å²) in [5.74, 6) is -4.33. The maximum absolute atomic E-state index is 13.3. The second-order valence-electron chi connectivity index (χ2n) is 8.96. The normalized spacial score (nSPS) is 17.9. The van der Waals surface area contributed by atoms with Crippen molar-refractivity contribution >= 4 is 29.6 Å². The van der Waals surface area contributed by atoms with Crippen LogP contribution in [-0.4, -0.2) is 75.4 Å². The zero-order chi connectivity index (χ0) is 26.3. The average Bonchev–Trinajstić information content (AvgIpc) is 3.28. The molecule has 4 atom stereocenters. The molecule has 35 heavy (non-hydrogen) atoms. The second kappa shape index (κ2) is 12.2. The number of benzene rings is 1. The van der Waals surface area contributed by atoms with E-state index in [2.05, 4.69) is 10.6 Å². The van der Waals surface area contributed by atoms with Crippen molar-refractivity contribution in [2.75, 3.05) is 6.54 Å². The number of nitrogens with one attached hydrogen (secondary N) is 2. The van der Waals surface area contributed by atoms with Crippen LogP contribution in [0.1, 0.15) is 38.7 Å². The number of likely N-dealkylation sites (tertiary alicyclic amines) is 1. The van der Waals surface area contributed by atoms with Crippen LogP contribution in [0, 0.1) is 5.92 Å². The average molecular weight is 492 g/mol. The van der Waals surface area contributed by atoms with Crippen molar-refractivity contribution in [3.63, 3.8) is 0 Å². The molecule has 2 rings (SSSR count). The first kappa shape index (κ1) is 27.6. The van der Waals surface area contributed by atoms with Gasteiger partial charge in [0.15, 0.2) is 0 Å². The summed E-state index contributed by atoms with van der Waals surface area (Å²) in [5, 5.41) is 24.0. The van der Waals surface area contributed by atoms with Gasteiger partial charge in [0.1, 0.15) is 23.9 Å². The van der Waals surface area contributed by atoms with Gasteiger partial charge in [0.05, 0.1) is 12.5 Å². The number of rotatable bonds is 11. The fourth-order valence-electron chi connectivity index (χ4n) is 3.81. The number of carbonyl (C=O) groups is 5. The Balaban J connectivity index is 2.29. The molecule has 1 saturated heterocycles. The van der Waals surface area contributed by atoms with Crippen molar-refractivity contribution in [1.29, 1.82) is 0 Å². The van der Waals surface area contributed by atoms with Crippen molar-refractivity contribution in [1.82, 2.24) is 15.5 Å². The third-order valence-electron chi connectivity index (χ3n) is 5.87. The summed E-state index contributed by atoms with van der Waals surface area (Å²) in [7, 11) is 0. The summed E-state index contributed by atoms with van der Waals surface area (Å²) >= 11 is 0. The number of nitrogens with two attached hydrogens (primary N) is 2. The summed E-state index contributed by atoms with van der Waals surface area (Å²) in [5.41, 5.74) is 11.7. The zero-order valence-electron chi connectivity index (χ0n) is 19.8. The lowest BCUT2D eigenvalue weighted by atomic mass is 10.0. The molecule has 0 bridgehead atoms. The molecule has 1 aliphatic rings. The predicted octanol–water partition coefficient (Wildman–Crippen LogP) is -1.16. The van der Waals surface area contributed by atoms with Crippen LogP contribution in [0.3, 0.4) is 0 Å². The van der Waals surface area contributed by atoms with E-state index in [4.69, 9.17) is 11.5 Å². The Morgan fingerprint density at radius 2 is 1.66 bits per heavy atom. The van der Waals surface area contributed by atoms with Crippen LogP contribution in [0.5, 0.6) is 5.75 Å². The summed E-state index contributed by atoms with van der Waals surface area (Å²) < 4.78 is 0. The molecule has 0 saturated carbocycles. The van der Waals surface area contributed by atoms with Gasteiger partial charge >= 0.3 is 5.97 Å². The highest BCUT2D eigenvalue weighted by Gasteiger charge is 2.38. The van der Waals surface area contributed by atoms with Crippen molar-refractivity contribution in [3.8, 4) is 5.75 Å². The maximum Gasteiger partial charge on any atom is 0.326 e. The van der Waals surface area contributed by atoms with E-state index in [1.54, 1.807) is 26.0 Å². The maximum atomic E-state index is 13.3. The van der Waals surface area contributed by atoms with E-state index in [-0.39, 0.29) is 31.1 Å². The molecule has 1 aliphatic heterocycles. The van der Waals surface area contributed by atoms with Gasteiger partial charge in [0, 0.05) is 13.0 Å². The molecule has 0 spiro atoms. The summed E-state index contributed by atoms with van der Waals surface area (Å²) in [6.45, 7) is 3.64. The van der Waals surface area contributed by atoms with Gasteiger partial charge in [-0.15, -0.1) is 0 Å². The minimum atomic E-state index is -1.38. The van der Waals surface area contributed by atoms with Crippen molar-refractivity contribution in [2.24, 2.45) is 17.4 Å². The lowest BCUT2D eigenvalue weighted by Gasteiger charge is -2.29. The first-order valence-corrected chi connectivity index (χ1v) is 11.4. The molecule has 4 unspecified atom stereocenters. The van der Waals surface area contributed by atoms with Gasteiger partial charge in [0.25, 0.3) is 0 Å². The smallest absolute Gasteiger partial charge is 0.326 e. The fourth-order valence-corrected chi connectivity index (χ4v) is 3.81. The number of nitrogens with zero attached hydrogens (tertiary/aromatic N) is 1. The number of carboxylic acid groups (broad SMARTS) is 1. The van der Waals surface area contributed by atoms with Gasteiger partial charge in [-0.25, -0.2) is 4.79 Å². The molecule has 12 nitrogen and oxygen atoms in total. The van der Waals surface area contributed by atoms with Gasteiger partial charge in [-0.2, -0.15) is 0 Å². The molecule has 1 fully saturated rings. The summed E-state index contributed by atoms with van der Waals surface area (Å²) in [4.78, 5) is 63.2. The molecule has 8 N–H and O–H groups in total. The number of aromatic hydroxyl groups is 1. The van der Waals surface area contributed by atoms with Gasteiger partial charge in [-0.05, 0) is 36.5 Å². The standard InChI is InChI=1S/C23H33N5O7/c1-12(2)19(25)21(32)26-15(11-18(24)30)20(31)27-16(10-13-5-7-14(29)8-6-13)22(33)28-9-3-4-17(28)23(34)35/h5-8,12,15-17,19,29H,3-4,9-11,25H2,1-2H3,(H2,24,30)(H,26,32)(H,27,31)(H,34,35). The topological polar surface area (TPSA) is 205 Å². The molecule has 0 aliphatic carbocycles. The quantitative estimate of drug-likeness (QED) is 0.222. The fraction of sp³-hybridized carbons (Fsp3) is 0.522. The van der Waals surface area contributed by atoms with E-state index in [1.165, 1.54) is 17.0 Å². The molecule has 1 heterocycles. The van der Waals surface area contributed by atoms with Crippen LogP contribution >= 0.6 is 0 Å². The van der Waals surface area contributed by atoms with E-state index < -0.39 is 60.2 Å².